The van der Waals surface area contributed by atoms with Crippen molar-refractivity contribution in [1.82, 2.24) is 0 Å². The number of ether oxygens (including phenoxy) is 1. The summed E-state index contributed by atoms with van der Waals surface area (Å²) in [6, 6.07) is 6.52. The molecule has 1 aliphatic carbocycles. The molecule has 0 radical (unpaired) electrons. The van der Waals surface area contributed by atoms with Crippen molar-refractivity contribution in [2.24, 2.45) is 0 Å². The van der Waals surface area contributed by atoms with Crippen molar-refractivity contribution >= 4 is 5.78 Å². The summed E-state index contributed by atoms with van der Waals surface area (Å²) in [5.74, 6) is 0.821. The Morgan fingerprint density at radius 1 is 1.11 bits per heavy atom. The molecule has 0 aromatic heterocycles. The maximum atomic E-state index is 12.0. The van der Waals surface area contributed by atoms with Crippen LogP contribution in [0.3, 0.4) is 0 Å². The van der Waals surface area contributed by atoms with Gasteiger partial charge < -0.3 is 4.74 Å². The van der Waals surface area contributed by atoms with E-state index >= 15 is 0 Å². The maximum Gasteiger partial charge on any atom is 0.188 e. The van der Waals surface area contributed by atoms with E-state index in [0.717, 1.165) is 17.5 Å². The van der Waals surface area contributed by atoms with E-state index in [1.807, 2.05) is 0 Å². The molecule has 0 atom stereocenters. The highest BCUT2D eigenvalue weighted by atomic mass is 16.5. The first-order valence-electron chi connectivity index (χ1n) is 7.08. The molecule has 0 spiro atoms. The van der Waals surface area contributed by atoms with Crippen molar-refractivity contribution in [2.75, 3.05) is 13.2 Å². The zero-order valence-corrected chi connectivity index (χ0v) is 10.8. The van der Waals surface area contributed by atoms with E-state index in [0.29, 0.717) is 12.5 Å². The minimum absolute atomic E-state index is 0.153. The Bertz CT molecular complexity index is 444. The first-order valence-corrected chi connectivity index (χ1v) is 7.08. The minimum atomic E-state index is 0.153. The smallest absolute Gasteiger partial charge is 0.188 e. The number of fused-ring (bicyclic) bond motifs is 1. The third-order valence-electron chi connectivity index (χ3n) is 4.26. The summed E-state index contributed by atoms with van der Waals surface area (Å²) in [4.78, 5) is 12.0. The predicted octanol–water partition coefficient (Wildman–Crippen LogP) is 3.49. The van der Waals surface area contributed by atoms with Gasteiger partial charge in [0, 0.05) is 5.56 Å². The molecule has 0 unspecified atom stereocenters. The lowest BCUT2D eigenvalue weighted by atomic mass is 9.82. The van der Waals surface area contributed by atoms with Crippen LogP contribution >= 0.6 is 0 Å². The van der Waals surface area contributed by atoms with Gasteiger partial charge in [0.15, 0.2) is 5.78 Å². The van der Waals surface area contributed by atoms with Crippen LogP contribution in [0.5, 0.6) is 0 Å². The Kier molecular flexibility index (Phi) is 3.46. The highest BCUT2D eigenvalue weighted by Gasteiger charge is 2.20. The summed E-state index contributed by atoms with van der Waals surface area (Å²) in [6.07, 6.45) is 7.46. The van der Waals surface area contributed by atoms with Gasteiger partial charge in [-0.2, -0.15) is 0 Å². The van der Waals surface area contributed by atoms with Gasteiger partial charge in [-0.3, -0.25) is 4.79 Å². The Morgan fingerprint density at radius 2 is 1.94 bits per heavy atom. The fraction of sp³-hybridized carbons (Fsp3) is 0.562. The van der Waals surface area contributed by atoms with Gasteiger partial charge in [0.05, 0.1) is 6.61 Å². The van der Waals surface area contributed by atoms with Crippen molar-refractivity contribution in [3.8, 4) is 0 Å². The molecule has 1 aliphatic heterocycles. The average molecular weight is 244 g/mol. The number of Topliss-reactive ketones (excluding diaryl/α,β-unsaturated/α-hetero) is 1. The van der Waals surface area contributed by atoms with Gasteiger partial charge in [0.25, 0.3) is 0 Å². The lowest BCUT2D eigenvalue weighted by molar-refractivity contribution is 0.0788. The van der Waals surface area contributed by atoms with Crippen molar-refractivity contribution in [3.63, 3.8) is 0 Å². The van der Waals surface area contributed by atoms with E-state index in [1.54, 1.807) is 0 Å². The van der Waals surface area contributed by atoms with E-state index in [1.165, 1.54) is 37.7 Å². The third-order valence-corrected chi connectivity index (χ3v) is 4.26. The quantitative estimate of drug-likeness (QED) is 0.756. The average Bonchev–Trinajstić information content (AvgIpc) is 2.62. The third kappa shape index (κ3) is 2.35. The van der Waals surface area contributed by atoms with Gasteiger partial charge >= 0.3 is 0 Å². The Labute approximate surface area is 108 Å². The van der Waals surface area contributed by atoms with Crippen LogP contribution in [-0.2, 0) is 11.2 Å². The topological polar surface area (TPSA) is 26.3 Å². The maximum absolute atomic E-state index is 12.0. The van der Waals surface area contributed by atoms with Gasteiger partial charge in [-0.1, -0.05) is 31.4 Å². The molecule has 0 N–H and O–H groups in total. The van der Waals surface area contributed by atoms with Crippen LogP contribution in [0.4, 0.5) is 0 Å². The largest absolute Gasteiger partial charge is 0.373 e. The van der Waals surface area contributed by atoms with Gasteiger partial charge in [-0.15, -0.1) is 0 Å². The summed E-state index contributed by atoms with van der Waals surface area (Å²) in [5.41, 5.74) is 3.44. The van der Waals surface area contributed by atoms with Gasteiger partial charge in [-0.05, 0) is 42.4 Å². The number of benzene rings is 1. The summed E-state index contributed by atoms with van der Waals surface area (Å²) in [7, 11) is 0. The second-order valence-corrected chi connectivity index (χ2v) is 5.48. The zero-order chi connectivity index (χ0) is 12.4. The van der Waals surface area contributed by atoms with E-state index < -0.39 is 0 Å². The monoisotopic (exact) mass is 244 g/mol. The van der Waals surface area contributed by atoms with Gasteiger partial charge in [0.1, 0.15) is 6.61 Å². The summed E-state index contributed by atoms with van der Waals surface area (Å²) in [5, 5.41) is 0. The van der Waals surface area contributed by atoms with Gasteiger partial charge in [-0.25, -0.2) is 0 Å². The van der Waals surface area contributed by atoms with Crippen LogP contribution in [-0.4, -0.2) is 19.0 Å². The summed E-state index contributed by atoms with van der Waals surface area (Å²) < 4.78 is 5.33. The second-order valence-electron chi connectivity index (χ2n) is 5.48. The Hall–Kier alpha value is -1.15. The van der Waals surface area contributed by atoms with Crippen LogP contribution in [0.15, 0.2) is 18.2 Å². The summed E-state index contributed by atoms with van der Waals surface area (Å²) >= 11 is 0. The molecule has 1 aromatic rings. The predicted molar refractivity (Wildman–Crippen MR) is 71.1 cm³/mol. The molecule has 2 aliphatic rings. The minimum Gasteiger partial charge on any atom is -0.373 e. The molecule has 96 valence electrons. The molecule has 0 amide bonds. The Balaban J connectivity index is 1.91. The van der Waals surface area contributed by atoms with Crippen molar-refractivity contribution in [3.05, 3.63) is 34.9 Å². The number of ketones is 1. The van der Waals surface area contributed by atoms with Crippen LogP contribution < -0.4 is 0 Å². The number of hydrogen-bond acceptors (Lipinski definition) is 2. The van der Waals surface area contributed by atoms with E-state index in [9.17, 15) is 4.79 Å². The SMILES string of the molecule is O=C1COCCc2ccc(C3CCCCC3)cc21. The van der Waals surface area contributed by atoms with Crippen LogP contribution in [0, 0.1) is 0 Å². The zero-order valence-electron chi connectivity index (χ0n) is 10.8. The second kappa shape index (κ2) is 5.23. The molecule has 1 saturated carbocycles. The normalized spacial score (nSPS) is 21.4. The molecule has 18 heavy (non-hydrogen) atoms. The van der Waals surface area contributed by atoms with Crippen molar-refractivity contribution in [1.29, 1.82) is 0 Å². The number of hydrogen-bond donors (Lipinski definition) is 0. The molecule has 0 saturated heterocycles. The molecule has 2 heteroatoms. The molecule has 3 rings (SSSR count). The van der Waals surface area contributed by atoms with E-state index in [2.05, 4.69) is 18.2 Å². The lowest BCUT2D eigenvalue weighted by Crippen LogP contribution is -2.09. The van der Waals surface area contributed by atoms with Crippen molar-refractivity contribution in [2.45, 2.75) is 44.4 Å². The highest BCUT2D eigenvalue weighted by molar-refractivity contribution is 5.98. The molecule has 0 bridgehead atoms. The number of rotatable bonds is 1. The van der Waals surface area contributed by atoms with E-state index in [-0.39, 0.29) is 12.4 Å². The van der Waals surface area contributed by atoms with E-state index in [4.69, 9.17) is 4.74 Å². The van der Waals surface area contributed by atoms with Crippen LogP contribution in [0.25, 0.3) is 0 Å². The highest BCUT2D eigenvalue weighted by Crippen LogP contribution is 2.33. The van der Waals surface area contributed by atoms with Crippen LogP contribution in [0.1, 0.15) is 59.5 Å². The number of carbonyl (C=O) groups is 1. The van der Waals surface area contributed by atoms with Crippen LogP contribution in [0.2, 0.25) is 0 Å². The molecule has 2 nitrogen and oxygen atoms in total. The van der Waals surface area contributed by atoms with Gasteiger partial charge in [0.2, 0.25) is 0 Å². The molecule has 1 aromatic carbocycles. The Morgan fingerprint density at radius 3 is 2.78 bits per heavy atom. The molecular weight excluding hydrogens is 224 g/mol. The number of carbonyl (C=O) groups excluding carboxylic acids is 1. The first-order chi connectivity index (χ1) is 8.84. The lowest BCUT2D eigenvalue weighted by Gasteiger charge is -2.22. The standard InChI is InChI=1S/C16H20O2/c17-16-11-18-9-8-13-6-7-14(10-15(13)16)12-4-2-1-3-5-12/h6-7,10,12H,1-5,8-9,11H2. The van der Waals surface area contributed by atoms with Crippen molar-refractivity contribution < 1.29 is 9.53 Å². The molecular formula is C16H20O2. The fourth-order valence-corrected chi connectivity index (χ4v) is 3.19. The summed E-state index contributed by atoms with van der Waals surface area (Å²) in [6.45, 7) is 0.919. The molecule has 1 heterocycles. The molecule has 1 fully saturated rings. The first kappa shape index (κ1) is 11.9. The fourth-order valence-electron chi connectivity index (χ4n) is 3.19.